The number of likely N-dealkylation sites (tertiary alicyclic amines) is 1. The quantitative estimate of drug-likeness (QED) is 0.751. The lowest BCUT2D eigenvalue weighted by molar-refractivity contribution is -0.0861. The molecule has 0 amide bonds. The Morgan fingerprint density at radius 2 is 2.12 bits per heavy atom. The highest BCUT2D eigenvalue weighted by atomic mass is 16.5. The number of ether oxygens (including phenoxy) is 1. The average Bonchev–Trinajstić information content (AvgIpc) is 3.24. The highest BCUT2D eigenvalue weighted by Crippen LogP contribution is 2.31. The van der Waals surface area contributed by atoms with E-state index in [4.69, 9.17) is 9.15 Å². The predicted octanol–water partition coefficient (Wildman–Crippen LogP) is 0.829. The van der Waals surface area contributed by atoms with Crippen molar-refractivity contribution in [3.05, 3.63) is 50.7 Å². The zero-order valence-electron chi connectivity index (χ0n) is 15.2. The molecule has 0 aliphatic carbocycles. The van der Waals surface area contributed by atoms with Gasteiger partial charge < -0.3 is 9.15 Å². The first-order valence-corrected chi connectivity index (χ1v) is 9.05. The van der Waals surface area contributed by atoms with Crippen LogP contribution in [0.1, 0.15) is 31.9 Å². The second-order valence-electron chi connectivity index (χ2n) is 7.70. The minimum Gasteiger partial charge on any atom is -0.468 e. The van der Waals surface area contributed by atoms with Gasteiger partial charge in [0.05, 0.1) is 19.4 Å². The number of hydrogen-bond acceptors (Lipinski definition) is 6. The third kappa shape index (κ3) is 3.14. The van der Waals surface area contributed by atoms with E-state index in [1.54, 1.807) is 6.26 Å². The summed E-state index contributed by atoms with van der Waals surface area (Å²) >= 11 is 0. The molecule has 0 radical (unpaired) electrons. The smallest absolute Gasteiger partial charge is 0.332 e. The molecule has 0 N–H and O–H groups in total. The molecule has 1 spiro atoms. The molecule has 2 aromatic rings. The van der Waals surface area contributed by atoms with Gasteiger partial charge in [-0.05, 0) is 24.5 Å². The molecule has 1 saturated heterocycles. The topological polar surface area (TPSA) is 82.5 Å². The maximum Gasteiger partial charge on any atom is 0.332 e. The lowest BCUT2D eigenvalue weighted by Crippen LogP contribution is -2.53. The maximum absolute atomic E-state index is 12.6. The molecule has 0 aromatic carbocycles. The molecule has 8 heteroatoms. The van der Waals surface area contributed by atoms with Crippen LogP contribution in [0.5, 0.6) is 0 Å². The highest BCUT2D eigenvalue weighted by Gasteiger charge is 2.43. The minimum atomic E-state index is -0.551. The number of furan rings is 1. The van der Waals surface area contributed by atoms with Crippen molar-refractivity contribution in [2.45, 2.75) is 52.1 Å². The van der Waals surface area contributed by atoms with E-state index in [1.165, 1.54) is 9.25 Å². The van der Waals surface area contributed by atoms with Crippen molar-refractivity contribution < 1.29 is 9.15 Å². The maximum atomic E-state index is 12.6. The summed E-state index contributed by atoms with van der Waals surface area (Å²) in [5.41, 5.74) is -1.49. The summed E-state index contributed by atoms with van der Waals surface area (Å²) in [5, 5.41) is 4.36. The fourth-order valence-corrected chi connectivity index (χ4v) is 3.80. The highest BCUT2D eigenvalue weighted by molar-refractivity contribution is 5.04. The van der Waals surface area contributed by atoms with E-state index in [0.717, 1.165) is 18.7 Å². The number of fused-ring (bicyclic) bond motifs is 1. The van der Waals surface area contributed by atoms with Gasteiger partial charge in [-0.1, -0.05) is 13.8 Å². The Morgan fingerprint density at radius 3 is 2.85 bits per heavy atom. The Morgan fingerprint density at radius 1 is 1.27 bits per heavy atom. The zero-order valence-corrected chi connectivity index (χ0v) is 15.2. The first-order valence-electron chi connectivity index (χ1n) is 9.05. The van der Waals surface area contributed by atoms with Crippen LogP contribution in [0, 0.1) is 5.92 Å². The van der Waals surface area contributed by atoms with Gasteiger partial charge >= 0.3 is 11.1 Å². The zero-order chi connectivity index (χ0) is 18.3. The van der Waals surface area contributed by atoms with Crippen molar-refractivity contribution in [2.24, 2.45) is 5.92 Å². The number of hydrogen-bond donors (Lipinski definition) is 0. The Kier molecular flexibility index (Phi) is 4.32. The van der Waals surface area contributed by atoms with E-state index < -0.39 is 16.7 Å². The van der Waals surface area contributed by atoms with Crippen molar-refractivity contribution in [3.63, 3.8) is 0 Å². The summed E-state index contributed by atoms with van der Waals surface area (Å²) in [5.74, 6) is 1.68. The van der Waals surface area contributed by atoms with Crippen molar-refractivity contribution >= 4 is 0 Å². The van der Waals surface area contributed by atoms with E-state index in [0.29, 0.717) is 32.0 Å². The van der Waals surface area contributed by atoms with Gasteiger partial charge in [0, 0.05) is 19.6 Å². The molecule has 0 unspecified atom stereocenters. The molecule has 2 aliphatic heterocycles. The summed E-state index contributed by atoms with van der Waals surface area (Å²) in [4.78, 5) is 27.2. The first-order chi connectivity index (χ1) is 12.5. The van der Waals surface area contributed by atoms with Crippen LogP contribution in [0.3, 0.4) is 0 Å². The standard InChI is InChI=1S/C18H24N4O4/c1-13(2)8-22-17(24)16(23)21-12-18(26-10-15(21)19-22)5-6-20(11-18)9-14-4-3-7-25-14/h3-4,7,13H,5-6,8-12H2,1-2H3/t18-/m0/s1. The van der Waals surface area contributed by atoms with Crippen LogP contribution >= 0.6 is 0 Å². The molecule has 2 aliphatic rings. The Hall–Kier alpha value is -2.19. The summed E-state index contributed by atoms with van der Waals surface area (Å²) in [6, 6.07) is 3.83. The van der Waals surface area contributed by atoms with Gasteiger partial charge in [0.1, 0.15) is 18.0 Å². The second kappa shape index (κ2) is 6.51. The normalized spacial score (nSPS) is 23.0. The van der Waals surface area contributed by atoms with Crippen LogP contribution in [-0.4, -0.2) is 37.9 Å². The third-order valence-electron chi connectivity index (χ3n) is 5.06. The summed E-state index contributed by atoms with van der Waals surface area (Å²) in [6.45, 7) is 7.32. The van der Waals surface area contributed by atoms with Gasteiger partial charge in [-0.2, -0.15) is 5.10 Å². The van der Waals surface area contributed by atoms with Crippen LogP contribution in [0.15, 0.2) is 32.4 Å². The summed E-state index contributed by atoms with van der Waals surface area (Å²) in [7, 11) is 0. The molecular weight excluding hydrogens is 336 g/mol. The molecule has 0 saturated carbocycles. The molecule has 0 bridgehead atoms. The fraction of sp³-hybridized carbons (Fsp3) is 0.611. The van der Waals surface area contributed by atoms with Crippen molar-refractivity contribution in [1.82, 2.24) is 19.2 Å². The molecule has 1 fully saturated rings. The largest absolute Gasteiger partial charge is 0.468 e. The number of nitrogens with zero attached hydrogens (tertiary/aromatic N) is 4. The van der Waals surface area contributed by atoms with Crippen LogP contribution in [0.25, 0.3) is 0 Å². The predicted molar refractivity (Wildman–Crippen MR) is 93.7 cm³/mol. The van der Waals surface area contributed by atoms with Crippen molar-refractivity contribution in [3.8, 4) is 0 Å². The minimum absolute atomic E-state index is 0.239. The molecule has 8 nitrogen and oxygen atoms in total. The summed E-state index contributed by atoms with van der Waals surface area (Å²) < 4.78 is 14.4. The summed E-state index contributed by atoms with van der Waals surface area (Å²) in [6.07, 6.45) is 2.48. The van der Waals surface area contributed by atoms with Crippen LogP contribution in [-0.2, 0) is 31.0 Å². The first kappa shape index (κ1) is 17.2. The van der Waals surface area contributed by atoms with Gasteiger partial charge in [-0.15, -0.1) is 0 Å². The molecular formula is C18H24N4O4. The van der Waals surface area contributed by atoms with E-state index in [9.17, 15) is 9.59 Å². The van der Waals surface area contributed by atoms with Crippen molar-refractivity contribution in [1.29, 1.82) is 0 Å². The van der Waals surface area contributed by atoms with Gasteiger partial charge in [-0.3, -0.25) is 19.1 Å². The van der Waals surface area contributed by atoms with E-state index in [-0.39, 0.29) is 12.5 Å². The van der Waals surface area contributed by atoms with Gasteiger partial charge in [-0.25, -0.2) is 4.68 Å². The van der Waals surface area contributed by atoms with Crippen LogP contribution in [0.2, 0.25) is 0 Å². The van der Waals surface area contributed by atoms with Gasteiger partial charge in [0.25, 0.3) is 0 Å². The SMILES string of the molecule is CC(C)Cn1nc2n(c(=O)c1=O)C[C@@]1(CCN(Cc3ccco3)C1)OC2. The average molecular weight is 360 g/mol. The molecule has 26 heavy (non-hydrogen) atoms. The molecule has 140 valence electrons. The molecule has 4 heterocycles. The lowest BCUT2D eigenvalue weighted by Gasteiger charge is -2.35. The monoisotopic (exact) mass is 360 g/mol. The number of rotatable bonds is 4. The second-order valence-corrected chi connectivity index (χ2v) is 7.70. The van der Waals surface area contributed by atoms with Crippen LogP contribution in [0.4, 0.5) is 0 Å². The van der Waals surface area contributed by atoms with Crippen LogP contribution < -0.4 is 11.1 Å². The number of aromatic nitrogens is 3. The van der Waals surface area contributed by atoms with Gasteiger partial charge in [0.2, 0.25) is 0 Å². The third-order valence-corrected chi connectivity index (χ3v) is 5.06. The van der Waals surface area contributed by atoms with Gasteiger partial charge in [0.15, 0.2) is 5.82 Å². The molecule has 4 rings (SSSR count). The van der Waals surface area contributed by atoms with E-state index >= 15 is 0 Å². The molecule has 1 atom stereocenters. The van der Waals surface area contributed by atoms with Crippen molar-refractivity contribution in [2.75, 3.05) is 13.1 Å². The Labute approximate surface area is 151 Å². The Bertz CT molecular complexity index is 899. The Balaban J connectivity index is 1.55. The van der Waals surface area contributed by atoms with E-state index in [1.807, 2.05) is 26.0 Å². The molecule has 2 aromatic heterocycles. The van der Waals surface area contributed by atoms with E-state index in [2.05, 4.69) is 10.00 Å². The fourth-order valence-electron chi connectivity index (χ4n) is 3.80. The lowest BCUT2D eigenvalue weighted by atomic mass is 10.0.